The van der Waals surface area contributed by atoms with E-state index in [1.807, 2.05) is 12.3 Å². The number of rotatable bonds is 2. The van der Waals surface area contributed by atoms with Crippen LogP contribution in [0.5, 0.6) is 0 Å². The second kappa shape index (κ2) is 2.94. The smallest absolute Gasteiger partial charge is 0.145 e. The predicted molar refractivity (Wildman–Crippen MR) is 47.9 cm³/mol. The monoisotopic (exact) mass is 180 g/mol. The average Bonchev–Trinajstić information content (AvgIpc) is 2.63. The van der Waals surface area contributed by atoms with E-state index in [4.69, 9.17) is 5.73 Å². The number of aromatic nitrogens is 3. The molecule has 12 heavy (non-hydrogen) atoms. The largest absolute Gasteiger partial charge is 0.382 e. The normalized spacial score (nSPS) is 10.3. The molecule has 0 spiro atoms. The van der Waals surface area contributed by atoms with E-state index < -0.39 is 0 Å². The molecule has 0 bridgehead atoms. The highest BCUT2D eigenvalue weighted by molar-refractivity contribution is 7.05. The summed E-state index contributed by atoms with van der Waals surface area (Å²) >= 11 is 1.48. The summed E-state index contributed by atoms with van der Waals surface area (Å²) in [5.74, 6) is 0.555. The van der Waals surface area contributed by atoms with Gasteiger partial charge in [0, 0.05) is 17.3 Å². The highest BCUT2D eigenvalue weighted by Gasteiger charge is 1.97. The molecular formula is C7H8N4S. The number of nitrogen functional groups attached to an aromatic ring is 1. The van der Waals surface area contributed by atoms with Crippen molar-refractivity contribution in [2.75, 3.05) is 5.73 Å². The van der Waals surface area contributed by atoms with Gasteiger partial charge < -0.3 is 5.73 Å². The van der Waals surface area contributed by atoms with Crippen LogP contribution in [0.4, 0.5) is 5.82 Å². The van der Waals surface area contributed by atoms with Crippen LogP contribution in [0, 0.1) is 0 Å². The highest BCUT2D eigenvalue weighted by Crippen LogP contribution is 2.07. The summed E-state index contributed by atoms with van der Waals surface area (Å²) in [4.78, 5) is 1.18. The molecule has 2 aromatic rings. The maximum atomic E-state index is 5.46. The number of nitrogens with zero attached hydrogens (tertiary/aromatic N) is 3. The molecule has 0 atom stereocenters. The van der Waals surface area contributed by atoms with Gasteiger partial charge in [-0.15, -0.1) is 0 Å². The van der Waals surface area contributed by atoms with Crippen molar-refractivity contribution in [2.45, 2.75) is 6.54 Å². The Morgan fingerprint density at radius 2 is 2.42 bits per heavy atom. The van der Waals surface area contributed by atoms with Crippen LogP contribution in [-0.2, 0) is 6.54 Å². The van der Waals surface area contributed by atoms with E-state index >= 15 is 0 Å². The van der Waals surface area contributed by atoms with Crippen molar-refractivity contribution in [3.05, 3.63) is 29.4 Å². The lowest BCUT2D eigenvalue weighted by atomic mass is 10.5. The van der Waals surface area contributed by atoms with E-state index in [0.29, 0.717) is 5.82 Å². The Hall–Kier alpha value is -1.36. The van der Waals surface area contributed by atoms with Crippen molar-refractivity contribution in [2.24, 2.45) is 0 Å². The van der Waals surface area contributed by atoms with Gasteiger partial charge in [0.25, 0.3) is 0 Å². The van der Waals surface area contributed by atoms with Gasteiger partial charge in [0.15, 0.2) is 0 Å². The molecule has 0 amide bonds. The third kappa shape index (κ3) is 1.45. The van der Waals surface area contributed by atoms with Crippen LogP contribution in [0.3, 0.4) is 0 Å². The summed E-state index contributed by atoms with van der Waals surface area (Å²) in [5, 5.41) is 4.06. The van der Waals surface area contributed by atoms with Crippen LogP contribution in [0.25, 0.3) is 0 Å². The lowest BCUT2D eigenvalue weighted by Gasteiger charge is -1.95. The molecule has 5 heteroatoms. The number of nitrogens with two attached hydrogens (primary N) is 1. The molecule has 0 aliphatic heterocycles. The number of anilines is 1. The molecule has 0 fully saturated rings. The first kappa shape index (κ1) is 7.30. The summed E-state index contributed by atoms with van der Waals surface area (Å²) in [6, 6.07) is 3.75. The molecule has 0 aromatic carbocycles. The van der Waals surface area contributed by atoms with Crippen LogP contribution >= 0.6 is 11.5 Å². The van der Waals surface area contributed by atoms with E-state index in [2.05, 4.69) is 9.47 Å². The molecule has 0 aliphatic rings. The van der Waals surface area contributed by atoms with Gasteiger partial charge in [0.1, 0.15) is 5.82 Å². The molecule has 0 aliphatic carbocycles. The molecule has 2 aromatic heterocycles. The molecule has 62 valence electrons. The Balaban J connectivity index is 2.14. The van der Waals surface area contributed by atoms with Crippen molar-refractivity contribution in [1.82, 2.24) is 14.2 Å². The topological polar surface area (TPSA) is 56.7 Å². The SMILES string of the molecule is Nc1ccn(Cc2ccns2)n1. The third-order valence-corrected chi connectivity index (χ3v) is 2.20. The second-order valence-corrected chi connectivity index (χ2v) is 3.33. The molecule has 0 saturated heterocycles. The Morgan fingerprint density at radius 1 is 1.50 bits per heavy atom. The van der Waals surface area contributed by atoms with Crippen molar-refractivity contribution in [3.8, 4) is 0 Å². The second-order valence-electron chi connectivity index (χ2n) is 2.42. The maximum Gasteiger partial charge on any atom is 0.145 e. The van der Waals surface area contributed by atoms with Gasteiger partial charge >= 0.3 is 0 Å². The number of hydrogen-bond donors (Lipinski definition) is 1. The number of hydrogen-bond acceptors (Lipinski definition) is 4. The minimum atomic E-state index is 0.555. The first-order valence-corrected chi connectivity index (χ1v) is 4.30. The fourth-order valence-electron chi connectivity index (χ4n) is 0.949. The molecule has 0 saturated carbocycles. The Kier molecular flexibility index (Phi) is 1.79. The van der Waals surface area contributed by atoms with Gasteiger partial charge in [-0.3, -0.25) is 4.68 Å². The van der Waals surface area contributed by atoms with Crippen molar-refractivity contribution in [3.63, 3.8) is 0 Å². The minimum Gasteiger partial charge on any atom is -0.382 e. The zero-order valence-corrected chi connectivity index (χ0v) is 7.16. The minimum absolute atomic E-state index is 0.555. The third-order valence-electron chi connectivity index (χ3n) is 1.47. The van der Waals surface area contributed by atoms with Crippen molar-refractivity contribution in [1.29, 1.82) is 0 Å². The van der Waals surface area contributed by atoms with Gasteiger partial charge in [-0.25, -0.2) is 4.37 Å². The first-order chi connectivity index (χ1) is 5.84. The molecule has 4 nitrogen and oxygen atoms in total. The lowest BCUT2D eigenvalue weighted by molar-refractivity contribution is 0.698. The summed E-state index contributed by atoms with van der Waals surface area (Å²) in [6.45, 7) is 0.752. The van der Waals surface area contributed by atoms with Crippen molar-refractivity contribution < 1.29 is 0 Å². The molecule has 0 radical (unpaired) electrons. The molecule has 2 rings (SSSR count). The maximum absolute atomic E-state index is 5.46. The van der Waals surface area contributed by atoms with Crippen LogP contribution in [-0.4, -0.2) is 14.2 Å². The Labute approximate surface area is 73.8 Å². The Morgan fingerprint density at radius 3 is 3.00 bits per heavy atom. The fourth-order valence-corrected chi connectivity index (χ4v) is 1.52. The van der Waals surface area contributed by atoms with E-state index in [9.17, 15) is 0 Å². The molecule has 2 N–H and O–H groups in total. The summed E-state index contributed by atoms with van der Waals surface area (Å²) in [5.41, 5.74) is 5.46. The fraction of sp³-hybridized carbons (Fsp3) is 0.143. The summed E-state index contributed by atoms with van der Waals surface area (Å²) in [6.07, 6.45) is 3.64. The van der Waals surface area contributed by atoms with Gasteiger partial charge in [-0.05, 0) is 23.7 Å². The lowest BCUT2D eigenvalue weighted by Crippen LogP contribution is -1.99. The van der Waals surface area contributed by atoms with E-state index in [0.717, 1.165) is 6.54 Å². The van der Waals surface area contributed by atoms with Gasteiger partial charge in [-0.1, -0.05) is 0 Å². The zero-order valence-electron chi connectivity index (χ0n) is 6.34. The predicted octanol–water partition coefficient (Wildman–Crippen LogP) is 0.970. The van der Waals surface area contributed by atoms with E-state index in [1.54, 1.807) is 16.9 Å². The van der Waals surface area contributed by atoms with Crippen LogP contribution in [0.15, 0.2) is 24.5 Å². The standard InChI is InChI=1S/C7H8N4S/c8-7-2-4-11(10-7)5-6-1-3-9-12-6/h1-4H,5H2,(H2,8,10). The first-order valence-electron chi connectivity index (χ1n) is 3.53. The summed E-state index contributed by atoms with van der Waals surface area (Å²) in [7, 11) is 0. The van der Waals surface area contributed by atoms with Crippen LogP contribution in [0.2, 0.25) is 0 Å². The zero-order chi connectivity index (χ0) is 8.39. The highest BCUT2D eigenvalue weighted by atomic mass is 32.1. The van der Waals surface area contributed by atoms with E-state index in [1.165, 1.54) is 16.4 Å². The van der Waals surface area contributed by atoms with E-state index in [-0.39, 0.29) is 0 Å². The Bertz CT molecular complexity index is 351. The summed E-state index contributed by atoms with van der Waals surface area (Å²) < 4.78 is 5.79. The average molecular weight is 180 g/mol. The van der Waals surface area contributed by atoms with Gasteiger partial charge in [0.05, 0.1) is 6.54 Å². The molecular weight excluding hydrogens is 172 g/mol. The van der Waals surface area contributed by atoms with Crippen molar-refractivity contribution >= 4 is 17.4 Å². The molecule has 0 unspecified atom stereocenters. The van der Waals surface area contributed by atoms with Crippen LogP contribution in [0.1, 0.15) is 4.88 Å². The van der Waals surface area contributed by atoms with Gasteiger partial charge in [-0.2, -0.15) is 5.10 Å². The molecule has 2 heterocycles. The van der Waals surface area contributed by atoms with Gasteiger partial charge in [0.2, 0.25) is 0 Å². The quantitative estimate of drug-likeness (QED) is 0.749. The van der Waals surface area contributed by atoms with Crippen LogP contribution < -0.4 is 5.73 Å².